The summed E-state index contributed by atoms with van der Waals surface area (Å²) in [7, 11) is 0. The van der Waals surface area contributed by atoms with Crippen LogP contribution in [0, 0.1) is 23.2 Å². The van der Waals surface area contributed by atoms with E-state index in [1.54, 1.807) is 0 Å². The molecule has 4 fully saturated rings. The molecule has 0 saturated heterocycles. The molecule has 0 radical (unpaired) electrons. The van der Waals surface area contributed by atoms with Gasteiger partial charge in [-0.05, 0) is 67.6 Å². The predicted octanol–water partition coefficient (Wildman–Crippen LogP) is 3.20. The zero-order valence-electron chi connectivity index (χ0n) is 12.7. The SMILES string of the molecule is CC(C)c1c(N)nnn1CC12CC3CC(CC(C3)C1)C2. The fraction of sp³-hybridized carbons (Fsp3) is 0.875. The number of aromatic nitrogens is 3. The van der Waals surface area contributed by atoms with E-state index in [1.807, 2.05) is 0 Å². The lowest BCUT2D eigenvalue weighted by molar-refractivity contribution is -0.0642. The van der Waals surface area contributed by atoms with Gasteiger partial charge in [0.15, 0.2) is 5.82 Å². The molecule has 4 nitrogen and oxygen atoms in total. The molecule has 1 aromatic rings. The molecule has 4 saturated carbocycles. The molecule has 4 heteroatoms. The number of nitrogens with two attached hydrogens (primary N) is 1. The summed E-state index contributed by atoms with van der Waals surface area (Å²) in [5.74, 6) is 4.00. The maximum Gasteiger partial charge on any atom is 0.169 e. The topological polar surface area (TPSA) is 56.7 Å². The van der Waals surface area contributed by atoms with Gasteiger partial charge < -0.3 is 5.73 Å². The number of nitrogens with zero attached hydrogens (tertiary/aromatic N) is 3. The Morgan fingerprint density at radius 2 is 1.70 bits per heavy atom. The normalized spacial score (nSPS) is 38.9. The number of rotatable bonds is 3. The molecule has 1 aromatic heterocycles. The van der Waals surface area contributed by atoms with Crippen molar-refractivity contribution in [1.82, 2.24) is 15.0 Å². The van der Waals surface area contributed by atoms with Crippen LogP contribution in [-0.2, 0) is 6.54 Å². The highest BCUT2D eigenvalue weighted by Crippen LogP contribution is 2.60. The quantitative estimate of drug-likeness (QED) is 0.921. The largest absolute Gasteiger partial charge is 0.381 e. The third kappa shape index (κ3) is 1.87. The molecule has 1 heterocycles. The van der Waals surface area contributed by atoms with E-state index in [0.717, 1.165) is 30.0 Å². The Morgan fingerprint density at radius 1 is 1.15 bits per heavy atom. The van der Waals surface area contributed by atoms with Crippen LogP contribution in [-0.4, -0.2) is 15.0 Å². The van der Waals surface area contributed by atoms with Gasteiger partial charge in [0.05, 0.1) is 5.69 Å². The van der Waals surface area contributed by atoms with Gasteiger partial charge in [-0.25, -0.2) is 4.68 Å². The first kappa shape index (κ1) is 12.7. The van der Waals surface area contributed by atoms with E-state index in [2.05, 4.69) is 28.8 Å². The molecule has 4 bridgehead atoms. The van der Waals surface area contributed by atoms with Crippen molar-refractivity contribution in [3.05, 3.63) is 5.69 Å². The Kier molecular flexibility index (Phi) is 2.67. The third-order valence-corrected chi connectivity index (χ3v) is 6.00. The minimum atomic E-state index is 0.402. The second-order valence-corrected chi connectivity index (χ2v) is 8.09. The summed E-state index contributed by atoms with van der Waals surface area (Å²) >= 11 is 0. The summed E-state index contributed by atoms with van der Waals surface area (Å²) in [5.41, 5.74) is 7.65. The van der Waals surface area contributed by atoms with Crippen molar-refractivity contribution < 1.29 is 0 Å². The molecule has 110 valence electrons. The number of hydrogen-bond donors (Lipinski definition) is 1. The van der Waals surface area contributed by atoms with Crippen LogP contribution in [0.4, 0.5) is 5.82 Å². The second-order valence-electron chi connectivity index (χ2n) is 8.09. The third-order valence-electron chi connectivity index (χ3n) is 6.00. The van der Waals surface area contributed by atoms with Crippen LogP contribution in [0.3, 0.4) is 0 Å². The summed E-state index contributed by atoms with van der Waals surface area (Å²) in [5, 5.41) is 8.48. The highest BCUT2D eigenvalue weighted by atomic mass is 15.4. The van der Waals surface area contributed by atoms with Crippen molar-refractivity contribution >= 4 is 5.82 Å². The van der Waals surface area contributed by atoms with Gasteiger partial charge in [0.2, 0.25) is 0 Å². The predicted molar refractivity (Wildman–Crippen MR) is 79.1 cm³/mol. The molecular weight excluding hydrogens is 248 g/mol. The molecule has 0 unspecified atom stereocenters. The Morgan fingerprint density at radius 3 is 2.20 bits per heavy atom. The Balaban J connectivity index is 1.63. The van der Waals surface area contributed by atoms with E-state index in [1.165, 1.54) is 38.5 Å². The smallest absolute Gasteiger partial charge is 0.169 e. The fourth-order valence-corrected chi connectivity index (χ4v) is 5.85. The Labute approximate surface area is 121 Å². The zero-order valence-corrected chi connectivity index (χ0v) is 12.7. The van der Waals surface area contributed by atoms with Gasteiger partial charge >= 0.3 is 0 Å². The van der Waals surface area contributed by atoms with Crippen molar-refractivity contribution in [3.8, 4) is 0 Å². The minimum Gasteiger partial charge on any atom is -0.381 e. The van der Waals surface area contributed by atoms with E-state index in [0.29, 0.717) is 17.2 Å². The molecule has 0 atom stereocenters. The molecule has 4 aliphatic carbocycles. The van der Waals surface area contributed by atoms with Crippen LogP contribution < -0.4 is 5.73 Å². The number of anilines is 1. The van der Waals surface area contributed by atoms with Crippen molar-refractivity contribution in [1.29, 1.82) is 0 Å². The van der Waals surface area contributed by atoms with Crippen molar-refractivity contribution in [2.45, 2.75) is 64.8 Å². The first-order valence-electron chi connectivity index (χ1n) is 8.23. The highest BCUT2D eigenvalue weighted by molar-refractivity contribution is 5.35. The molecule has 20 heavy (non-hydrogen) atoms. The molecule has 0 aliphatic heterocycles. The average Bonchev–Trinajstić information content (AvgIpc) is 2.67. The molecule has 0 aromatic carbocycles. The summed E-state index contributed by atoms with van der Waals surface area (Å²) in [6.07, 6.45) is 8.73. The highest BCUT2D eigenvalue weighted by Gasteiger charge is 2.51. The Hall–Kier alpha value is -1.06. The summed E-state index contributed by atoms with van der Waals surface area (Å²) in [6.45, 7) is 5.42. The lowest BCUT2D eigenvalue weighted by atomic mass is 9.49. The first-order chi connectivity index (χ1) is 9.55. The molecule has 0 spiro atoms. The summed E-state index contributed by atoms with van der Waals surface area (Å²) in [4.78, 5) is 0. The standard InChI is InChI=1S/C16H26N4/c1-10(2)14-15(17)18-19-20(14)9-16-6-11-3-12(7-16)5-13(4-11)8-16/h10-13H,3-9,17H2,1-2H3. The van der Waals surface area contributed by atoms with E-state index in [9.17, 15) is 0 Å². The van der Waals surface area contributed by atoms with Gasteiger partial charge in [-0.2, -0.15) is 0 Å². The van der Waals surface area contributed by atoms with E-state index in [4.69, 9.17) is 5.73 Å². The van der Waals surface area contributed by atoms with Gasteiger partial charge in [0.1, 0.15) is 0 Å². The van der Waals surface area contributed by atoms with E-state index < -0.39 is 0 Å². The van der Waals surface area contributed by atoms with Crippen LogP contribution in [0.2, 0.25) is 0 Å². The van der Waals surface area contributed by atoms with Gasteiger partial charge in [-0.15, -0.1) is 5.10 Å². The van der Waals surface area contributed by atoms with Crippen LogP contribution >= 0.6 is 0 Å². The van der Waals surface area contributed by atoms with Crippen LogP contribution in [0.15, 0.2) is 0 Å². The molecule has 4 aliphatic rings. The lowest BCUT2D eigenvalue weighted by Crippen LogP contribution is -2.48. The average molecular weight is 274 g/mol. The molecular formula is C16H26N4. The van der Waals surface area contributed by atoms with Gasteiger partial charge in [0, 0.05) is 6.54 Å². The Bertz CT molecular complexity index is 481. The van der Waals surface area contributed by atoms with Crippen LogP contribution in [0.1, 0.15) is 64.0 Å². The van der Waals surface area contributed by atoms with E-state index in [-0.39, 0.29) is 0 Å². The van der Waals surface area contributed by atoms with Crippen molar-refractivity contribution in [2.24, 2.45) is 23.2 Å². The second kappa shape index (κ2) is 4.22. The maximum absolute atomic E-state index is 6.01. The first-order valence-corrected chi connectivity index (χ1v) is 8.23. The molecule has 2 N–H and O–H groups in total. The fourth-order valence-electron chi connectivity index (χ4n) is 5.85. The molecule has 0 amide bonds. The van der Waals surface area contributed by atoms with E-state index >= 15 is 0 Å². The van der Waals surface area contributed by atoms with Gasteiger partial charge in [-0.3, -0.25) is 0 Å². The maximum atomic E-state index is 6.01. The lowest BCUT2D eigenvalue weighted by Gasteiger charge is -2.56. The van der Waals surface area contributed by atoms with Crippen molar-refractivity contribution in [2.75, 3.05) is 5.73 Å². The number of hydrogen-bond acceptors (Lipinski definition) is 3. The monoisotopic (exact) mass is 274 g/mol. The van der Waals surface area contributed by atoms with Crippen LogP contribution in [0.25, 0.3) is 0 Å². The summed E-state index contributed by atoms with van der Waals surface area (Å²) < 4.78 is 2.13. The van der Waals surface area contributed by atoms with Crippen LogP contribution in [0.5, 0.6) is 0 Å². The van der Waals surface area contributed by atoms with Gasteiger partial charge in [0.25, 0.3) is 0 Å². The van der Waals surface area contributed by atoms with Crippen molar-refractivity contribution in [3.63, 3.8) is 0 Å². The number of nitrogen functional groups attached to an aromatic ring is 1. The zero-order chi connectivity index (χ0) is 13.9. The minimum absolute atomic E-state index is 0.402. The van der Waals surface area contributed by atoms with Gasteiger partial charge in [-0.1, -0.05) is 19.1 Å². The molecule has 5 rings (SSSR count). The summed E-state index contributed by atoms with van der Waals surface area (Å²) in [6, 6.07) is 0.